The van der Waals surface area contributed by atoms with E-state index < -0.39 is 0 Å². The lowest BCUT2D eigenvalue weighted by molar-refractivity contribution is 0.721. The van der Waals surface area contributed by atoms with E-state index in [2.05, 4.69) is 26.2 Å². The third-order valence-corrected chi connectivity index (χ3v) is 2.67. The van der Waals surface area contributed by atoms with Crippen molar-refractivity contribution in [2.75, 3.05) is 5.73 Å². The number of hydrogen-bond donors (Lipinski definition) is 1. The van der Waals surface area contributed by atoms with Crippen LogP contribution in [-0.2, 0) is 7.05 Å². The van der Waals surface area contributed by atoms with Gasteiger partial charge in [-0.1, -0.05) is 39.3 Å². The molecule has 0 saturated heterocycles. The Balaban J connectivity index is 2.66. The fourth-order valence-corrected chi connectivity index (χ4v) is 1.81. The second-order valence-corrected chi connectivity index (χ2v) is 3.78. The zero-order chi connectivity index (χ0) is 10.1. The van der Waals surface area contributed by atoms with Gasteiger partial charge in [-0.05, 0) is 6.07 Å². The maximum absolute atomic E-state index is 5.73. The minimum Gasteiger partial charge on any atom is -0.380 e. The Morgan fingerprint density at radius 1 is 1.36 bits per heavy atom. The van der Waals surface area contributed by atoms with E-state index in [1.165, 1.54) is 0 Å². The minimum atomic E-state index is 0.444. The van der Waals surface area contributed by atoms with Crippen molar-refractivity contribution >= 4 is 21.7 Å². The number of aryl methyl sites for hydroxylation is 1. The second kappa shape index (κ2) is 3.42. The Hall–Kier alpha value is -1.36. The summed E-state index contributed by atoms with van der Waals surface area (Å²) in [6.07, 6.45) is 0. The van der Waals surface area contributed by atoms with Gasteiger partial charge in [-0.2, -0.15) is 0 Å². The summed E-state index contributed by atoms with van der Waals surface area (Å²) in [5, 5.41) is 7.66. The van der Waals surface area contributed by atoms with Gasteiger partial charge in [0.15, 0.2) is 5.82 Å². The van der Waals surface area contributed by atoms with Crippen LogP contribution in [0, 0.1) is 0 Å². The maximum atomic E-state index is 5.73. The highest BCUT2D eigenvalue weighted by Gasteiger charge is 2.11. The summed E-state index contributed by atoms with van der Waals surface area (Å²) >= 11 is 3.46. The van der Waals surface area contributed by atoms with E-state index in [0.717, 1.165) is 15.7 Å². The van der Waals surface area contributed by atoms with Crippen molar-refractivity contribution < 1.29 is 0 Å². The van der Waals surface area contributed by atoms with Crippen LogP contribution < -0.4 is 5.73 Å². The molecule has 0 saturated carbocycles. The zero-order valence-corrected chi connectivity index (χ0v) is 9.19. The third-order valence-electron chi connectivity index (χ3n) is 1.98. The van der Waals surface area contributed by atoms with Gasteiger partial charge in [0, 0.05) is 17.1 Å². The summed E-state index contributed by atoms with van der Waals surface area (Å²) < 4.78 is 2.65. The topological polar surface area (TPSA) is 56.7 Å². The van der Waals surface area contributed by atoms with Crippen molar-refractivity contribution in [3.8, 4) is 11.3 Å². The van der Waals surface area contributed by atoms with Gasteiger partial charge < -0.3 is 5.73 Å². The monoisotopic (exact) mass is 252 g/mol. The smallest absolute Gasteiger partial charge is 0.174 e. The zero-order valence-electron chi connectivity index (χ0n) is 7.61. The molecule has 0 bridgehead atoms. The van der Waals surface area contributed by atoms with Crippen LogP contribution in [0.15, 0.2) is 28.7 Å². The van der Waals surface area contributed by atoms with Gasteiger partial charge in [0.05, 0.1) is 0 Å². The van der Waals surface area contributed by atoms with Gasteiger partial charge in [0.2, 0.25) is 0 Å². The molecule has 0 aliphatic carbocycles. The highest BCUT2D eigenvalue weighted by molar-refractivity contribution is 9.10. The number of nitrogen functional groups attached to an aromatic ring is 1. The molecule has 5 heteroatoms. The lowest BCUT2D eigenvalue weighted by Crippen LogP contribution is -1.96. The minimum absolute atomic E-state index is 0.444. The van der Waals surface area contributed by atoms with E-state index in [4.69, 9.17) is 5.73 Å². The lowest BCUT2D eigenvalue weighted by Gasteiger charge is -2.03. The first kappa shape index (κ1) is 9.21. The molecule has 0 aliphatic heterocycles. The molecule has 2 aromatic rings. The Morgan fingerprint density at radius 3 is 2.64 bits per heavy atom. The van der Waals surface area contributed by atoms with Gasteiger partial charge in [-0.25, -0.2) is 4.68 Å². The van der Waals surface area contributed by atoms with E-state index in [1.54, 1.807) is 4.68 Å². The van der Waals surface area contributed by atoms with Crippen LogP contribution in [0.4, 0.5) is 5.82 Å². The molecule has 0 unspecified atom stereocenters. The molecule has 14 heavy (non-hydrogen) atoms. The number of nitrogens with two attached hydrogens (primary N) is 1. The molecular weight excluding hydrogens is 244 g/mol. The number of anilines is 1. The van der Waals surface area contributed by atoms with Gasteiger partial charge in [0.1, 0.15) is 5.69 Å². The van der Waals surface area contributed by atoms with Crippen molar-refractivity contribution in [2.24, 2.45) is 7.05 Å². The summed E-state index contributed by atoms with van der Waals surface area (Å²) in [6.45, 7) is 0. The van der Waals surface area contributed by atoms with Crippen LogP contribution in [0.1, 0.15) is 0 Å². The predicted octanol–water partition coefficient (Wildman–Crippen LogP) is 1.83. The molecule has 0 amide bonds. The Labute approximate surface area is 89.9 Å². The molecule has 0 spiro atoms. The van der Waals surface area contributed by atoms with E-state index in [-0.39, 0.29) is 0 Å². The van der Waals surface area contributed by atoms with Gasteiger partial charge >= 0.3 is 0 Å². The molecule has 2 N–H and O–H groups in total. The molecular formula is C9H9BrN4. The van der Waals surface area contributed by atoms with Crippen molar-refractivity contribution in [1.82, 2.24) is 15.0 Å². The molecule has 0 radical (unpaired) electrons. The van der Waals surface area contributed by atoms with Crippen molar-refractivity contribution in [2.45, 2.75) is 0 Å². The van der Waals surface area contributed by atoms with Crippen LogP contribution in [0.3, 0.4) is 0 Å². The van der Waals surface area contributed by atoms with Crippen LogP contribution >= 0.6 is 15.9 Å². The number of aromatic nitrogens is 3. The first-order valence-corrected chi connectivity index (χ1v) is 4.89. The summed E-state index contributed by atoms with van der Waals surface area (Å²) in [7, 11) is 1.82. The normalized spacial score (nSPS) is 10.4. The Kier molecular flexibility index (Phi) is 2.25. The molecule has 1 aromatic carbocycles. The van der Waals surface area contributed by atoms with E-state index in [9.17, 15) is 0 Å². The maximum Gasteiger partial charge on any atom is 0.174 e. The number of benzene rings is 1. The quantitative estimate of drug-likeness (QED) is 0.843. The van der Waals surface area contributed by atoms with Gasteiger partial charge in [0.25, 0.3) is 0 Å². The molecule has 0 atom stereocenters. The largest absolute Gasteiger partial charge is 0.380 e. The molecule has 0 aliphatic rings. The Morgan fingerprint density at radius 2 is 2.07 bits per heavy atom. The van der Waals surface area contributed by atoms with E-state index in [0.29, 0.717) is 5.82 Å². The van der Waals surface area contributed by atoms with Crippen LogP contribution in [0.25, 0.3) is 11.3 Å². The number of halogens is 1. The number of hydrogen-bond acceptors (Lipinski definition) is 3. The SMILES string of the molecule is Cn1nnc(N)c1-c1ccccc1Br. The highest BCUT2D eigenvalue weighted by atomic mass is 79.9. The van der Waals surface area contributed by atoms with Crippen LogP contribution in [0.5, 0.6) is 0 Å². The van der Waals surface area contributed by atoms with Crippen molar-refractivity contribution in [3.05, 3.63) is 28.7 Å². The summed E-state index contributed by atoms with van der Waals surface area (Å²) in [5.41, 5.74) is 7.56. The first-order valence-electron chi connectivity index (χ1n) is 4.10. The fourth-order valence-electron chi connectivity index (χ4n) is 1.34. The predicted molar refractivity (Wildman–Crippen MR) is 58.6 cm³/mol. The number of nitrogens with zero attached hydrogens (tertiary/aromatic N) is 3. The van der Waals surface area contributed by atoms with Crippen molar-refractivity contribution in [3.63, 3.8) is 0 Å². The number of rotatable bonds is 1. The molecule has 4 nitrogen and oxygen atoms in total. The molecule has 72 valence electrons. The second-order valence-electron chi connectivity index (χ2n) is 2.93. The summed E-state index contributed by atoms with van der Waals surface area (Å²) in [4.78, 5) is 0. The van der Waals surface area contributed by atoms with Crippen molar-refractivity contribution in [1.29, 1.82) is 0 Å². The van der Waals surface area contributed by atoms with Crippen LogP contribution in [0.2, 0.25) is 0 Å². The van der Waals surface area contributed by atoms with Gasteiger partial charge in [-0.3, -0.25) is 0 Å². The van der Waals surface area contributed by atoms with Crippen LogP contribution in [-0.4, -0.2) is 15.0 Å². The molecule has 0 fully saturated rings. The summed E-state index contributed by atoms with van der Waals surface area (Å²) in [6, 6.07) is 7.83. The van der Waals surface area contributed by atoms with Gasteiger partial charge in [-0.15, -0.1) is 5.10 Å². The Bertz CT molecular complexity index is 444. The third kappa shape index (κ3) is 1.39. The average molecular weight is 253 g/mol. The van der Waals surface area contributed by atoms with E-state index >= 15 is 0 Å². The molecule has 1 aromatic heterocycles. The van der Waals surface area contributed by atoms with E-state index in [1.807, 2.05) is 31.3 Å². The molecule has 1 heterocycles. The highest BCUT2D eigenvalue weighted by Crippen LogP contribution is 2.29. The summed E-state index contributed by atoms with van der Waals surface area (Å²) in [5.74, 6) is 0.444. The first-order chi connectivity index (χ1) is 6.70. The lowest BCUT2D eigenvalue weighted by atomic mass is 10.1. The molecule has 2 rings (SSSR count). The standard InChI is InChI=1S/C9H9BrN4/c1-14-8(9(11)12-13-14)6-4-2-3-5-7(6)10/h2-5H,11H2,1H3. The average Bonchev–Trinajstić information content (AvgIpc) is 2.48. The fraction of sp³-hybridized carbons (Fsp3) is 0.111.